The SMILES string of the molecule is CCCCCCCCCCCCCCCCC(CC[N+](CCCCCCCCCCCCCCCC)(C(CCCCCCCCCCCCCCCC)(CCCCCCCCCCCCCCCC)CCCCCCCCCCCCCCCC)C(CCCCCCCCCCCCCCCC)(CCCCCCCCCCCCCCCC)CCCCCCCCCCCCCCCC)[Si](OC)(OC)OC. The molecule has 0 aliphatic carbocycles. The second-order valence-electron chi connectivity index (χ2n) is 48.6. The summed E-state index contributed by atoms with van der Waals surface area (Å²) in [5.41, 5.74) is 0.785. The fourth-order valence-electron chi connectivity index (χ4n) is 26.3. The molecule has 0 spiro atoms. The van der Waals surface area contributed by atoms with Crippen molar-refractivity contribution in [1.29, 1.82) is 0 Å². The fourth-order valence-corrected chi connectivity index (χ4v) is 28.8. The van der Waals surface area contributed by atoms with Gasteiger partial charge in [0.15, 0.2) is 0 Å². The first-order valence-electron chi connectivity index (χ1n) is 68.3. The van der Waals surface area contributed by atoms with Gasteiger partial charge in [0.2, 0.25) is 0 Å². The lowest BCUT2D eigenvalue weighted by atomic mass is 9.68. The Balaban J connectivity index is 9.43. The Morgan fingerprint density at radius 3 is 0.376 bits per heavy atom. The molecular formula is C136H278NO3Si+. The number of hydrogen-bond donors (Lipinski definition) is 0. The number of unbranched alkanes of at least 4 members (excludes halogenated alkanes) is 104. The molecule has 0 saturated carbocycles. The van der Waals surface area contributed by atoms with Crippen LogP contribution in [-0.4, -0.2) is 58.8 Å². The van der Waals surface area contributed by atoms with Gasteiger partial charge in [0.1, 0.15) is 0 Å². The Kier molecular flexibility index (Phi) is 117. The van der Waals surface area contributed by atoms with Crippen LogP contribution < -0.4 is 0 Å². The molecule has 1 atom stereocenters. The highest BCUT2D eigenvalue weighted by atomic mass is 28.4. The first kappa shape index (κ1) is 141. The van der Waals surface area contributed by atoms with Crippen LogP contribution in [0, 0.1) is 0 Å². The van der Waals surface area contributed by atoms with Crippen LogP contribution in [0.25, 0.3) is 0 Å². The highest BCUT2D eigenvalue weighted by molar-refractivity contribution is 6.62. The molecule has 0 rings (SSSR count). The van der Waals surface area contributed by atoms with Gasteiger partial charge in [-0.05, 0) is 57.8 Å². The summed E-state index contributed by atoms with van der Waals surface area (Å²) in [7, 11) is 3.01. The van der Waals surface area contributed by atoms with Crippen LogP contribution in [0.5, 0.6) is 0 Å². The van der Waals surface area contributed by atoms with E-state index in [1.165, 1.54) is 788 Å². The van der Waals surface area contributed by atoms with Crippen molar-refractivity contribution in [3.8, 4) is 0 Å². The third-order valence-corrected chi connectivity index (χ3v) is 39.1. The van der Waals surface area contributed by atoms with Gasteiger partial charge in [-0.25, -0.2) is 0 Å². The molecule has 0 bridgehead atoms. The van der Waals surface area contributed by atoms with Crippen LogP contribution in [-0.2, 0) is 13.3 Å². The lowest BCUT2D eigenvalue weighted by Gasteiger charge is -2.65. The molecule has 141 heavy (non-hydrogen) atoms. The average Bonchev–Trinajstić information content (AvgIpc) is 0.716. The van der Waals surface area contributed by atoms with Crippen molar-refractivity contribution >= 4 is 8.80 Å². The molecular weight excluding hydrogens is 1720 g/mol. The molecule has 0 aliphatic heterocycles. The van der Waals surface area contributed by atoms with Crippen molar-refractivity contribution in [2.45, 2.75) is 843 Å². The number of rotatable bonds is 129. The van der Waals surface area contributed by atoms with Crippen LogP contribution in [0.15, 0.2) is 0 Å². The minimum atomic E-state index is -3.13. The van der Waals surface area contributed by atoms with Gasteiger partial charge in [-0.2, -0.15) is 0 Å². The summed E-state index contributed by atoms with van der Waals surface area (Å²) in [5.74, 6) is 0. The van der Waals surface area contributed by atoms with Crippen molar-refractivity contribution < 1.29 is 17.8 Å². The summed E-state index contributed by atoms with van der Waals surface area (Å²) in [6.45, 7) is 21.8. The third-order valence-electron chi connectivity index (χ3n) is 35.8. The topological polar surface area (TPSA) is 27.7 Å². The van der Waals surface area contributed by atoms with E-state index in [0.717, 1.165) is 0 Å². The molecule has 0 saturated heterocycles. The lowest BCUT2D eigenvalue weighted by molar-refractivity contribution is -1.02. The van der Waals surface area contributed by atoms with Crippen LogP contribution in [0.3, 0.4) is 0 Å². The number of quaternary nitrogens is 1. The normalized spacial score (nSPS) is 12.6. The summed E-state index contributed by atoms with van der Waals surface area (Å²) < 4.78 is 22.8. The first-order valence-corrected chi connectivity index (χ1v) is 70.1. The molecule has 0 heterocycles. The van der Waals surface area contributed by atoms with Crippen molar-refractivity contribution in [2.24, 2.45) is 0 Å². The summed E-state index contributed by atoms with van der Waals surface area (Å²) in [6.07, 6.45) is 173. The number of hydrogen-bond acceptors (Lipinski definition) is 3. The van der Waals surface area contributed by atoms with Crippen molar-refractivity contribution in [3.05, 3.63) is 0 Å². The van der Waals surface area contributed by atoms with Crippen LogP contribution >= 0.6 is 0 Å². The second kappa shape index (κ2) is 117. The maximum atomic E-state index is 7.12. The standard InChI is InChI=1S/C136H278NO3Si/c1-12-20-28-36-44-52-60-68-76-84-92-100-108-116-124-134(141(138-9,139-10)140-11)125-133-137(132-123-115-107-99-91-83-75-67-59-51-43-35-27-19-8,135(126-117-109-101-93-85-77-69-61-53-45-37-29-21-13-2,127-118-110-102-94-86-78-70-62-54-46-38-30-22-14-3)128-119-111-103-95-87-79-71-63-55-47-39-31-23-15-4)136(129-120-112-104-96-88-80-72-64-56-48-40-32-24-16-5,130-121-113-105-97-89-81-73-65-57-49-41-33-25-17-6)131-122-114-106-98-90-82-74-66-58-50-42-34-26-18-7/h134H,12-133H2,1-11H3/q+1. The van der Waals surface area contributed by atoms with E-state index in [1.807, 2.05) is 21.3 Å². The molecule has 0 aliphatic rings. The summed E-state index contributed by atoms with van der Waals surface area (Å²) >= 11 is 0. The van der Waals surface area contributed by atoms with Crippen LogP contribution in [0.1, 0.15) is 826 Å². The van der Waals surface area contributed by atoms with E-state index in [-0.39, 0.29) is 11.1 Å². The maximum Gasteiger partial charge on any atom is 0.503 e. The van der Waals surface area contributed by atoms with E-state index in [9.17, 15) is 0 Å². The van der Waals surface area contributed by atoms with E-state index in [4.69, 9.17) is 13.3 Å². The molecule has 0 amide bonds. The predicted molar refractivity (Wildman–Crippen MR) is 645 cm³/mol. The molecule has 0 aromatic carbocycles. The third kappa shape index (κ3) is 88.1. The molecule has 0 fully saturated rings. The molecule has 5 heteroatoms. The predicted octanol–water partition coefficient (Wildman–Crippen LogP) is 50.5. The van der Waals surface area contributed by atoms with E-state index < -0.39 is 8.80 Å². The molecule has 0 aromatic rings. The van der Waals surface area contributed by atoms with E-state index in [0.29, 0.717) is 5.54 Å². The van der Waals surface area contributed by atoms with Gasteiger partial charge in [-0.3, -0.25) is 0 Å². The Labute approximate surface area is 897 Å². The average molecular weight is 2000 g/mol. The smallest absolute Gasteiger partial charge is 0.377 e. The summed E-state index contributed by atoms with van der Waals surface area (Å²) in [5, 5.41) is 0. The molecule has 1 unspecified atom stereocenters. The molecule has 848 valence electrons. The van der Waals surface area contributed by atoms with E-state index in [2.05, 4.69) is 55.4 Å². The Morgan fingerprint density at radius 2 is 0.248 bits per heavy atom. The monoisotopic (exact) mass is 2000 g/mol. The zero-order valence-corrected chi connectivity index (χ0v) is 102. The quantitative estimate of drug-likeness (QED) is 0.0345. The van der Waals surface area contributed by atoms with Gasteiger partial charge < -0.3 is 17.8 Å². The van der Waals surface area contributed by atoms with Crippen molar-refractivity contribution in [1.82, 2.24) is 0 Å². The minimum Gasteiger partial charge on any atom is -0.377 e. The minimum absolute atomic E-state index is 0.237. The first-order chi connectivity index (χ1) is 69.8. The second-order valence-corrected chi connectivity index (χ2v) is 51.9. The zero-order valence-electron chi connectivity index (χ0n) is 101. The molecule has 0 aromatic heterocycles. The lowest BCUT2D eigenvalue weighted by Crippen LogP contribution is -2.75. The van der Waals surface area contributed by atoms with Crippen molar-refractivity contribution in [3.63, 3.8) is 0 Å². The van der Waals surface area contributed by atoms with Gasteiger partial charge in [-0.1, -0.05) is 723 Å². The molecule has 4 nitrogen and oxygen atoms in total. The van der Waals surface area contributed by atoms with Gasteiger partial charge in [-0.15, -0.1) is 0 Å². The largest absolute Gasteiger partial charge is 0.503 e. The highest BCUT2D eigenvalue weighted by Crippen LogP contribution is 2.54. The van der Waals surface area contributed by atoms with Gasteiger partial charge in [0.25, 0.3) is 0 Å². The van der Waals surface area contributed by atoms with Gasteiger partial charge in [0.05, 0.1) is 24.2 Å². The highest BCUT2D eigenvalue weighted by Gasteiger charge is 2.61. The van der Waals surface area contributed by atoms with Gasteiger partial charge in [0, 0.05) is 71.8 Å². The zero-order chi connectivity index (χ0) is 102. The van der Waals surface area contributed by atoms with Crippen molar-refractivity contribution in [2.75, 3.05) is 34.4 Å². The van der Waals surface area contributed by atoms with Gasteiger partial charge >= 0.3 is 8.80 Å². The maximum absolute atomic E-state index is 7.12. The number of nitrogens with zero attached hydrogens (tertiary/aromatic N) is 1. The van der Waals surface area contributed by atoms with E-state index in [1.54, 1.807) is 0 Å². The summed E-state index contributed by atoms with van der Waals surface area (Å²) in [6, 6.07) is 0. The Bertz CT molecular complexity index is 1960. The molecule has 0 radical (unpaired) electrons. The Hall–Kier alpha value is 0.0569. The fraction of sp³-hybridized carbons (Fsp3) is 1.00. The summed E-state index contributed by atoms with van der Waals surface area (Å²) in [4.78, 5) is 0. The van der Waals surface area contributed by atoms with Crippen LogP contribution in [0.2, 0.25) is 5.54 Å². The van der Waals surface area contributed by atoms with E-state index >= 15 is 0 Å². The van der Waals surface area contributed by atoms with Crippen LogP contribution in [0.4, 0.5) is 0 Å². The molecule has 0 N–H and O–H groups in total. The Morgan fingerprint density at radius 1 is 0.135 bits per heavy atom.